The predicted octanol–water partition coefficient (Wildman–Crippen LogP) is 2.56. The molecule has 1 fully saturated rings. The molecule has 5 heteroatoms. The van der Waals surface area contributed by atoms with Gasteiger partial charge in [-0.1, -0.05) is 34.1 Å². The van der Waals surface area contributed by atoms with Crippen LogP contribution in [0, 0.1) is 0 Å². The number of ketones is 1. The van der Waals surface area contributed by atoms with E-state index in [0.29, 0.717) is 18.8 Å². The van der Waals surface area contributed by atoms with Gasteiger partial charge in [-0.05, 0) is 25.0 Å². The molecule has 1 saturated heterocycles. The van der Waals surface area contributed by atoms with Gasteiger partial charge in [0.2, 0.25) is 5.91 Å². The summed E-state index contributed by atoms with van der Waals surface area (Å²) >= 11 is 3.54. The summed E-state index contributed by atoms with van der Waals surface area (Å²) in [5.74, 6) is 0.647. The number of nitrogens with one attached hydrogen (secondary N) is 1. The predicted molar refractivity (Wildman–Crippen MR) is 83.5 cm³/mol. The van der Waals surface area contributed by atoms with E-state index >= 15 is 0 Å². The lowest BCUT2D eigenvalue weighted by Crippen LogP contribution is -2.48. The van der Waals surface area contributed by atoms with Crippen LogP contribution in [0.3, 0.4) is 0 Å². The van der Waals surface area contributed by atoms with Crippen LogP contribution in [-0.4, -0.2) is 29.7 Å². The van der Waals surface area contributed by atoms with Crippen molar-refractivity contribution in [1.82, 2.24) is 10.2 Å². The van der Waals surface area contributed by atoms with Gasteiger partial charge in [0.15, 0.2) is 5.78 Å². The number of carbonyl (C=O) groups excluding carboxylic acids is 2. The van der Waals surface area contributed by atoms with Crippen molar-refractivity contribution in [1.29, 1.82) is 0 Å². The first-order chi connectivity index (χ1) is 10.1. The van der Waals surface area contributed by atoms with Crippen LogP contribution in [0.4, 0.5) is 0 Å². The van der Waals surface area contributed by atoms with Crippen LogP contribution in [0.2, 0.25) is 0 Å². The number of hydrogen-bond acceptors (Lipinski definition) is 3. The van der Waals surface area contributed by atoms with Crippen molar-refractivity contribution in [2.45, 2.75) is 25.7 Å². The van der Waals surface area contributed by atoms with Gasteiger partial charge in [0.1, 0.15) is 5.82 Å². The van der Waals surface area contributed by atoms with Crippen LogP contribution in [0.25, 0.3) is 0 Å². The number of halogens is 1. The molecular formula is C16H17BrN2O2. The summed E-state index contributed by atoms with van der Waals surface area (Å²) in [6, 6.07) is 7.80. The molecule has 1 atom stereocenters. The summed E-state index contributed by atoms with van der Waals surface area (Å²) in [6.45, 7) is 3.08. The Balaban J connectivity index is 2.14. The Labute approximate surface area is 132 Å². The molecule has 4 nitrogen and oxygen atoms in total. The summed E-state index contributed by atoms with van der Waals surface area (Å²) < 4.78 is 0.936. The molecule has 0 spiro atoms. The maximum atomic E-state index is 12.4. The van der Waals surface area contributed by atoms with Gasteiger partial charge in [0.05, 0.1) is 0 Å². The number of Topliss-reactive ketones (excluding diaryl/α,β-unsaturated/α-hetero) is 1. The maximum Gasteiger partial charge on any atom is 0.229 e. The molecular weight excluding hydrogens is 332 g/mol. The molecule has 1 aromatic rings. The molecule has 2 aliphatic rings. The number of hydrogen-bond donors (Lipinski definition) is 1. The summed E-state index contributed by atoms with van der Waals surface area (Å²) in [5.41, 5.74) is 1.72. The zero-order valence-corrected chi connectivity index (χ0v) is 13.4. The quantitative estimate of drug-likeness (QED) is 0.893. The molecule has 0 bridgehead atoms. The Morgan fingerprint density at radius 3 is 2.86 bits per heavy atom. The number of carbonyl (C=O) groups is 2. The number of nitrogens with zero attached hydrogens (tertiary/aromatic N) is 1. The molecule has 3 rings (SSSR count). The van der Waals surface area contributed by atoms with Crippen molar-refractivity contribution < 1.29 is 9.59 Å². The van der Waals surface area contributed by atoms with Gasteiger partial charge in [0, 0.05) is 35.5 Å². The third kappa shape index (κ3) is 2.50. The van der Waals surface area contributed by atoms with E-state index in [4.69, 9.17) is 0 Å². The number of amides is 1. The van der Waals surface area contributed by atoms with Gasteiger partial charge in [-0.15, -0.1) is 0 Å². The first kappa shape index (κ1) is 14.3. The molecule has 110 valence electrons. The fourth-order valence-electron chi connectivity index (χ4n) is 3.13. The lowest BCUT2D eigenvalue weighted by atomic mass is 9.83. The molecule has 0 aliphatic carbocycles. The highest BCUT2D eigenvalue weighted by Crippen LogP contribution is 2.39. The molecule has 1 unspecified atom stereocenters. The number of benzene rings is 1. The molecule has 1 N–H and O–H groups in total. The van der Waals surface area contributed by atoms with Crippen LogP contribution in [-0.2, 0) is 9.59 Å². The van der Waals surface area contributed by atoms with E-state index in [0.717, 1.165) is 28.6 Å². The van der Waals surface area contributed by atoms with Gasteiger partial charge in [-0.25, -0.2) is 0 Å². The molecule has 0 saturated carbocycles. The molecule has 2 heterocycles. The van der Waals surface area contributed by atoms with E-state index in [1.807, 2.05) is 24.3 Å². The second-order valence-corrected chi connectivity index (χ2v) is 6.28. The Morgan fingerprint density at radius 2 is 2.14 bits per heavy atom. The normalized spacial score (nSPS) is 21.9. The lowest BCUT2D eigenvalue weighted by Gasteiger charge is -2.39. The highest BCUT2D eigenvalue weighted by atomic mass is 79.9. The second-order valence-electron chi connectivity index (χ2n) is 5.42. The van der Waals surface area contributed by atoms with Crippen molar-refractivity contribution in [3.8, 4) is 0 Å². The molecule has 0 radical (unpaired) electrons. The zero-order chi connectivity index (χ0) is 15.0. The zero-order valence-electron chi connectivity index (χ0n) is 11.9. The molecule has 2 aliphatic heterocycles. The third-order valence-electron chi connectivity index (χ3n) is 4.06. The van der Waals surface area contributed by atoms with Crippen LogP contribution in [0.15, 0.2) is 40.1 Å². The van der Waals surface area contributed by atoms with Gasteiger partial charge >= 0.3 is 0 Å². The van der Waals surface area contributed by atoms with Gasteiger partial charge in [-0.2, -0.15) is 0 Å². The average molecular weight is 349 g/mol. The third-order valence-corrected chi connectivity index (χ3v) is 4.79. The Hall–Kier alpha value is -1.62. The fourth-order valence-corrected chi connectivity index (χ4v) is 3.69. The van der Waals surface area contributed by atoms with Crippen LogP contribution < -0.4 is 5.32 Å². The van der Waals surface area contributed by atoms with Gasteiger partial charge < -0.3 is 5.32 Å². The Kier molecular flexibility index (Phi) is 3.85. The largest absolute Gasteiger partial charge is 0.371 e. The van der Waals surface area contributed by atoms with E-state index < -0.39 is 0 Å². The van der Waals surface area contributed by atoms with E-state index in [2.05, 4.69) is 21.2 Å². The second kappa shape index (κ2) is 5.64. The van der Waals surface area contributed by atoms with E-state index in [9.17, 15) is 9.59 Å². The highest BCUT2D eigenvalue weighted by molar-refractivity contribution is 9.10. The minimum Gasteiger partial charge on any atom is -0.371 e. The fraction of sp³-hybridized carbons (Fsp3) is 0.375. The van der Waals surface area contributed by atoms with Gasteiger partial charge in [-0.3, -0.25) is 14.5 Å². The van der Waals surface area contributed by atoms with Crippen molar-refractivity contribution in [3.05, 3.63) is 45.7 Å². The smallest absolute Gasteiger partial charge is 0.229 e. The van der Waals surface area contributed by atoms with Crippen molar-refractivity contribution in [3.63, 3.8) is 0 Å². The minimum absolute atomic E-state index is 0.0256. The highest BCUT2D eigenvalue weighted by Gasteiger charge is 2.38. The number of fused-ring (bicyclic) bond motifs is 1. The Bertz CT molecular complexity index is 639. The monoisotopic (exact) mass is 348 g/mol. The molecule has 0 aromatic heterocycles. The van der Waals surface area contributed by atoms with Crippen LogP contribution in [0.5, 0.6) is 0 Å². The van der Waals surface area contributed by atoms with E-state index in [1.165, 1.54) is 0 Å². The van der Waals surface area contributed by atoms with Crippen molar-refractivity contribution in [2.75, 3.05) is 13.1 Å². The van der Waals surface area contributed by atoms with Crippen molar-refractivity contribution in [2.24, 2.45) is 0 Å². The first-order valence-electron chi connectivity index (χ1n) is 7.13. The van der Waals surface area contributed by atoms with Crippen LogP contribution >= 0.6 is 15.9 Å². The topological polar surface area (TPSA) is 49.4 Å². The standard InChI is InChI=1S/C16H17BrN2O2/c1-10(20)15-12(11-5-2-3-6-13(11)17)9-14(21)19-8-4-7-18-16(15)19/h2-3,5-6,12,18H,4,7-9H2,1H3. The summed E-state index contributed by atoms with van der Waals surface area (Å²) in [5, 5.41) is 3.25. The van der Waals surface area contributed by atoms with Gasteiger partial charge in [0.25, 0.3) is 0 Å². The van der Waals surface area contributed by atoms with Crippen LogP contribution in [0.1, 0.15) is 31.2 Å². The molecule has 21 heavy (non-hydrogen) atoms. The molecule has 1 aromatic carbocycles. The summed E-state index contributed by atoms with van der Waals surface area (Å²) in [7, 11) is 0. The minimum atomic E-state index is -0.178. The maximum absolute atomic E-state index is 12.4. The summed E-state index contributed by atoms with van der Waals surface area (Å²) in [4.78, 5) is 26.4. The lowest BCUT2D eigenvalue weighted by molar-refractivity contribution is -0.131. The SMILES string of the molecule is CC(=O)C1=C2NCCCN2C(=O)CC1c1ccccc1Br. The number of rotatable bonds is 2. The molecule has 1 amide bonds. The van der Waals surface area contributed by atoms with Crippen molar-refractivity contribution >= 4 is 27.6 Å². The average Bonchev–Trinajstić information content (AvgIpc) is 2.47. The summed E-state index contributed by atoms with van der Waals surface area (Å²) in [6.07, 6.45) is 1.27. The van der Waals surface area contributed by atoms with E-state index in [1.54, 1.807) is 11.8 Å². The number of allylic oxidation sites excluding steroid dienone is 1. The first-order valence-corrected chi connectivity index (χ1v) is 7.92. The Morgan fingerprint density at radius 1 is 1.38 bits per heavy atom. The van der Waals surface area contributed by atoms with E-state index in [-0.39, 0.29) is 17.6 Å².